The molecule has 0 aliphatic rings. The summed E-state index contributed by atoms with van der Waals surface area (Å²) in [5.41, 5.74) is 3.37. The Morgan fingerprint density at radius 2 is 1.45 bits per heavy atom. The predicted octanol–water partition coefficient (Wildman–Crippen LogP) is 3.81. The zero-order valence-corrected chi connectivity index (χ0v) is 17.5. The van der Waals surface area contributed by atoms with Gasteiger partial charge in [-0.3, -0.25) is 4.98 Å². The van der Waals surface area contributed by atoms with Crippen LogP contribution in [-0.4, -0.2) is 41.3 Å². The largest absolute Gasteiger partial charge is 0.497 e. The van der Waals surface area contributed by atoms with Crippen molar-refractivity contribution in [3.8, 4) is 23.5 Å². The van der Waals surface area contributed by atoms with Crippen molar-refractivity contribution < 1.29 is 18.9 Å². The van der Waals surface area contributed by atoms with E-state index in [2.05, 4.69) is 15.0 Å². The Hall–Kier alpha value is -3.94. The van der Waals surface area contributed by atoms with E-state index in [1.54, 1.807) is 19.4 Å². The first-order valence-electron chi connectivity index (χ1n) is 9.67. The van der Waals surface area contributed by atoms with Gasteiger partial charge in [-0.05, 0) is 29.8 Å². The predicted molar refractivity (Wildman–Crippen MR) is 115 cm³/mol. The van der Waals surface area contributed by atoms with Crippen molar-refractivity contribution in [2.24, 2.45) is 0 Å². The number of nitrogens with zero attached hydrogens (tertiary/aromatic N) is 4. The average Bonchev–Trinajstić information content (AvgIpc) is 2.83. The summed E-state index contributed by atoms with van der Waals surface area (Å²) >= 11 is 0. The second-order valence-electron chi connectivity index (χ2n) is 6.67. The molecule has 0 radical (unpaired) electrons. The van der Waals surface area contributed by atoms with E-state index in [1.807, 2.05) is 48.5 Å². The minimum atomic E-state index is -0.418. The summed E-state index contributed by atoms with van der Waals surface area (Å²) in [4.78, 5) is 17.8. The van der Waals surface area contributed by atoms with Gasteiger partial charge in [0, 0.05) is 12.6 Å². The number of ether oxygens (including phenoxy) is 4. The van der Waals surface area contributed by atoms with Crippen LogP contribution >= 0.6 is 0 Å². The molecule has 1 unspecified atom stereocenters. The van der Waals surface area contributed by atoms with Crippen LogP contribution in [0.1, 0.15) is 17.4 Å². The fourth-order valence-electron chi connectivity index (χ4n) is 3.10. The molecule has 4 rings (SSSR count). The maximum absolute atomic E-state index is 6.18. The van der Waals surface area contributed by atoms with Gasteiger partial charge in [0.25, 0.3) is 0 Å². The lowest BCUT2D eigenvalue weighted by Crippen LogP contribution is -2.14. The standard InChI is InChI=1S/C23H22N4O4/c1-28-17-10-8-15(9-11-17)20(31-23-26-21(29-2)13-22(27-23)30-3)12-16-14-24-18-6-4-5-7-19(18)25-16/h4-11,13-14,20H,12H2,1-3H3. The van der Waals surface area contributed by atoms with Crippen LogP contribution in [0.2, 0.25) is 0 Å². The molecule has 8 heteroatoms. The molecule has 0 fully saturated rings. The summed E-state index contributed by atoms with van der Waals surface area (Å²) in [5, 5.41) is 0. The van der Waals surface area contributed by atoms with Gasteiger partial charge >= 0.3 is 6.01 Å². The molecule has 0 bridgehead atoms. The molecular formula is C23H22N4O4. The third kappa shape index (κ3) is 4.80. The Labute approximate surface area is 179 Å². The van der Waals surface area contributed by atoms with Gasteiger partial charge in [0.2, 0.25) is 11.8 Å². The number of rotatable bonds is 8. The highest BCUT2D eigenvalue weighted by atomic mass is 16.5. The van der Waals surface area contributed by atoms with Crippen LogP contribution in [0.25, 0.3) is 11.0 Å². The Morgan fingerprint density at radius 3 is 2.10 bits per heavy atom. The van der Waals surface area contributed by atoms with Crippen LogP contribution in [0.3, 0.4) is 0 Å². The zero-order chi connectivity index (χ0) is 21.6. The maximum Gasteiger partial charge on any atom is 0.323 e. The van der Waals surface area contributed by atoms with Crippen LogP contribution in [0.15, 0.2) is 60.8 Å². The van der Waals surface area contributed by atoms with Crippen LogP contribution in [0, 0.1) is 0 Å². The minimum absolute atomic E-state index is 0.144. The molecule has 31 heavy (non-hydrogen) atoms. The Bertz CT molecular complexity index is 1150. The maximum atomic E-state index is 6.18. The third-order valence-electron chi connectivity index (χ3n) is 4.71. The molecular weight excluding hydrogens is 396 g/mol. The topological polar surface area (TPSA) is 88.5 Å². The van der Waals surface area contributed by atoms with Crippen LogP contribution < -0.4 is 18.9 Å². The quantitative estimate of drug-likeness (QED) is 0.427. The summed E-state index contributed by atoms with van der Waals surface area (Å²) < 4.78 is 21.9. The first-order valence-corrected chi connectivity index (χ1v) is 9.67. The highest BCUT2D eigenvalue weighted by Crippen LogP contribution is 2.28. The van der Waals surface area contributed by atoms with Gasteiger partial charge in [-0.2, -0.15) is 9.97 Å². The minimum Gasteiger partial charge on any atom is -0.497 e. The summed E-state index contributed by atoms with van der Waals surface area (Å²) in [6, 6.07) is 17.1. The number of hydrogen-bond donors (Lipinski definition) is 0. The monoisotopic (exact) mass is 418 g/mol. The van der Waals surface area contributed by atoms with E-state index in [1.165, 1.54) is 14.2 Å². The van der Waals surface area contributed by atoms with E-state index in [4.69, 9.17) is 23.9 Å². The Kier molecular flexibility index (Phi) is 6.07. The molecule has 4 aromatic rings. The number of methoxy groups -OCH3 is 3. The van der Waals surface area contributed by atoms with Crippen molar-refractivity contribution in [2.75, 3.05) is 21.3 Å². The number of aromatic nitrogens is 4. The molecule has 0 aliphatic carbocycles. The van der Waals surface area contributed by atoms with E-state index >= 15 is 0 Å². The normalized spacial score (nSPS) is 11.7. The van der Waals surface area contributed by atoms with Crippen molar-refractivity contribution in [1.82, 2.24) is 19.9 Å². The van der Waals surface area contributed by atoms with Gasteiger partial charge in [-0.15, -0.1) is 0 Å². The van der Waals surface area contributed by atoms with Gasteiger partial charge < -0.3 is 18.9 Å². The van der Waals surface area contributed by atoms with Crippen molar-refractivity contribution in [3.05, 3.63) is 72.1 Å². The molecule has 0 aliphatic heterocycles. The fraction of sp³-hybridized carbons (Fsp3) is 0.217. The van der Waals surface area contributed by atoms with E-state index < -0.39 is 6.10 Å². The second-order valence-corrected chi connectivity index (χ2v) is 6.67. The van der Waals surface area contributed by atoms with Crippen molar-refractivity contribution >= 4 is 11.0 Å². The van der Waals surface area contributed by atoms with Crippen molar-refractivity contribution in [1.29, 1.82) is 0 Å². The van der Waals surface area contributed by atoms with Gasteiger partial charge in [0.1, 0.15) is 11.9 Å². The molecule has 8 nitrogen and oxygen atoms in total. The van der Waals surface area contributed by atoms with E-state index in [0.29, 0.717) is 18.2 Å². The SMILES string of the molecule is COc1ccc(C(Cc2cnc3ccccc3n2)Oc2nc(OC)cc(OC)n2)cc1. The number of benzene rings is 2. The molecule has 0 saturated carbocycles. The van der Waals surface area contributed by atoms with Gasteiger partial charge in [0.15, 0.2) is 0 Å². The highest BCUT2D eigenvalue weighted by Gasteiger charge is 2.19. The molecule has 158 valence electrons. The number of para-hydroxylation sites is 2. The first-order chi connectivity index (χ1) is 15.2. The second kappa shape index (κ2) is 9.25. The number of hydrogen-bond acceptors (Lipinski definition) is 8. The van der Waals surface area contributed by atoms with Crippen LogP contribution in [-0.2, 0) is 6.42 Å². The van der Waals surface area contributed by atoms with Gasteiger partial charge in [-0.1, -0.05) is 24.3 Å². The third-order valence-corrected chi connectivity index (χ3v) is 4.71. The number of fused-ring (bicyclic) bond motifs is 1. The summed E-state index contributed by atoms with van der Waals surface area (Å²) in [7, 11) is 4.68. The van der Waals surface area contributed by atoms with Gasteiger partial charge in [0.05, 0.1) is 44.1 Å². The Morgan fingerprint density at radius 1 is 0.774 bits per heavy atom. The van der Waals surface area contributed by atoms with Crippen molar-refractivity contribution in [2.45, 2.75) is 12.5 Å². The van der Waals surface area contributed by atoms with Crippen molar-refractivity contribution in [3.63, 3.8) is 0 Å². The molecule has 2 aromatic carbocycles. The van der Waals surface area contributed by atoms with E-state index in [9.17, 15) is 0 Å². The van der Waals surface area contributed by atoms with E-state index in [0.717, 1.165) is 28.0 Å². The van der Waals surface area contributed by atoms with Gasteiger partial charge in [-0.25, -0.2) is 4.98 Å². The molecule has 0 N–H and O–H groups in total. The smallest absolute Gasteiger partial charge is 0.323 e. The highest BCUT2D eigenvalue weighted by molar-refractivity contribution is 5.73. The van der Waals surface area contributed by atoms with Crippen LogP contribution in [0.4, 0.5) is 0 Å². The fourth-order valence-corrected chi connectivity index (χ4v) is 3.10. The van der Waals surface area contributed by atoms with Crippen LogP contribution in [0.5, 0.6) is 23.5 Å². The molecule has 2 heterocycles. The Balaban J connectivity index is 1.68. The average molecular weight is 418 g/mol. The molecule has 0 amide bonds. The lowest BCUT2D eigenvalue weighted by Gasteiger charge is -2.19. The summed E-state index contributed by atoms with van der Waals surface area (Å²) in [6.07, 6.45) is 1.81. The summed E-state index contributed by atoms with van der Waals surface area (Å²) in [6.45, 7) is 0. The molecule has 2 aromatic heterocycles. The lowest BCUT2D eigenvalue weighted by molar-refractivity contribution is 0.181. The lowest BCUT2D eigenvalue weighted by atomic mass is 10.0. The van der Waals surface area contributed by atoms with E-state index in [-0.39, 0.29) is 6.01 Å². The first kappa shape index (κ1) is 20.3. The zero-order valence-electron chi connectivity index (χ0n) is 17.5. The molecule has 0 spiro atoms. The summed E-state index contributed by atoms with van der Waals surface area (Å²) in [5.74, 6) is 1.45. The molecule has 1 atom stereocenters. The molecule has 0 saturated heterocycles.